The minimum atomic E-state index is -1.91. The van der Waals surface area contributed by atoms with E-state index in [0.29, 0.717) is 19.3 Å². The van der Waals surface area contributed by atoms with Crippen LogP contribution in [-0.2, 0) is 42.9 Å². The van der Waals surface area contributed by atoms with Crippen molar-refractivity contribution in [3.63, 3.8) is 0 Å². The van der Waals surface area contributed by atoms with Crippen LogP contribution in [0.4, 0.5) is 0 Å². The summed E-state index contributed by atoms with van der Waals surface area (Å²) in [6.07, 6.45) is 51.6. The Morgan fingerprint density at radius 1 is 0.453 bits per heavy atom. The van der Waals surface area contributed by atoms with E-state index in [1.807, 2.05) is 0 Å². The molecule has 1 rings (SSSR count). The number of allylic oxidation sites excluding steroid dienone is 12. The average molecular weight is 1060 g/mol. The van der Waals surface area contributed by atoms with Crippen molar-refractivity contribution in [1.82, 2.24) is 0 Å². The van der Waals surface area contributed by atoms with Gasteiger partial charge in [-0.2, -0.15) is 0 Å². The normalized spacial score (nSPS) is 18.7. The number of ether oxygens (including phenoxy) is 5. The van der Waals surface area contributed by atoms with Gasteiger partial charge in [-0.15, -0.1) is 0 Å². The maximum absolute atomic E-state index is 13.1. The SMILES string of the molecule is CC/C=C\C/C=C\C/C=C\C/C=C\C/C=C\CCCCCC(=O)OCC(COC1OC(C(=O)O)C(O)C(O)C1OC(=O)CCCCCCCCCCCCC)OC(=O)CCCCCCC/C=C\CCCCCCCC. The Morgan fingerprint density at radius 3 is 1.31 bits per heavy atom. The van der Waals surface area contributed by atoms with E-state index in [1.165, 1.54) is 77.0 Å². The van der Waals surface area contributed by atoms with Crippen molar-refractivity contribution in [1.29, 1.82) is 0 Å². The van der Waals surface area contributed by atoms with Crippen LogP contribution in [-0.4, -0.2) is 89.2 Å². The van der Waals surface area contributed by atoms with Gasteiger partial charge in [-0.25, -0.2) is 4.79 Å². The van der Waals surface area contributed by atoms with E-state index in [4.69, 9.17) is 23.7 Å². The highest BCUT2D eigenvalue weighted by atomic mass is 16.7. The molecule has 0 bridgehead atoms. The predicted octanol–water partition coefficient (Wildman–Crippen LogP) is 15.3. The second-order valence-electron chi connectivity index (χ2n) is 20.3. The molecule has 12 nitrogen and oxygen atoms in total. The topological polar surface area (TPSA) is 175 Å². The summed E-state index contributed by atoms with van der Waals surface area (Å²) in [4.78, 5) is 51.1. The maximum Gasteiger partial charge on any atom is 0.335 e. The van der Waals surface area contributed by atoms with Crippen molar-refractivity contribution in [2.75, 3.05) is 13.2 Å². The highest BCUT2D eigenvalue weighted by Crippen LogP contribution is 2.26. The number of carbonyl (C=O) groups is 4. The molecule has 1 saturated heterocycles. The molecule has 0 spiro atoms. The quantitative estimate of drug-likeness (QED) is 0.0228. The first-order chi connectivity index (χ1) is 36.6. The number of carboxylic acid groups (broad SMARTS) is 1. The monoisotopic (exact) mass is 1050 g/mol. The number of hydrogen-bond acceptors (Lipinski definition) is 11. The molecule has 0 aromatic heterocycles. The molecule has 0 aliphatic carbocycles. The van der Waals surface area contributed by atoms with Gasteiger partial charge in [0.25, 0.3) is 0 Å². The molecule has 430 valence electrons. The molecule has 1 fully saturated rings. The van der Waals surface area contributed by atoms with E-state index in [9.17, 15) is 34.5 Å². The lowest BCUT2D eigenvalue weighted by Gasteiger charge is -2.40. The van der Waals surface area contributed by atoms with Crippen LogP contribution < -0.4 is 0 Å². The van der Waals surface area contributed by atoms with Crippen molar-refractivity contribution >= 4 is 23.9 Å². The third-order valence-corrected chi connectivity index (χ3v) is 13.3. The molecule has 1 aliphatic rings. The fourth-order valence-corrected chi connectivity index (χ4v) is 8.68. The fraction of sp³-hybridized carbons (Fsp3) is 0.746. The van der Waals surface area contributed by atoms with Gasteiger partial charge in [0.05, 0.1) is 6.61 Å². The molecule has 0 amide bonds. The van der Waals surface area contributed by atoms with Crippen LogP contribution in [0.2, 0.25) is 0 Å². The summed E-state index contributed by atoms with van der Waals surface area (Å²) in [6, 6.07) is 0. The zero-order chi connectivity index (χ0) is 54.7. The lowest BCUT2D eigenvalue weighted by molar-refractivity contribution is -0.301. The summed E-state index contributed by atoms with van der Waals surface area (Å²) in [5.41, 5.74) is 0. The van der Waals surface area contributed by atoms with Gasteiger partial charge >= 0.3 is 23.9 Å². The minimum Gasteiger partial charge on any atom is -0.479 e. The van der Waals surface area contributed by atoms with Crippen LogP contribution in [0.3, 0.4) is 0 Å². The van der Waals surface area contributed by atoms with Crippen molar-refractivity contribution in [3.8, 4) is 0 Å². The van der Waals surface area contributed by atoms with Gasteiger partial charge in [0.15, 0.2) is 24.6 Å². The van der Waals surface area contributed by atoms with E-state index in [0.717, 1.165) is 116 Å². The number of rotatable bonds is 50. The Morgan fingerprint density at radius 2 is 0.840 bits per heavy atom. The van der Waals surface area contributed by atoms with Crippen LogP contribution in [0.15, 0.2) is 72.9 Å². The van der Waals surface area contributed by atoms with Gasteiger partial charge in [-0.3, -0.25) is 14.4 Å². The number of hydrogen-bond donors (Lipinski definition) is 3. The predicted molar refractivity (Wildman–Crippen MR) is 303 cm³/mol. The number of aliphatic hydroxyl groups is 2. The highest BCUT2D eigenvalue weighted by Gasteiger charge is 2.50. The molecule has 1 aliphatic heterocycles. The molecule has 0 aromatic rings. The van der Waals surface area contributed by atoms with Gasteiger partial charge in [-0.1, -0.05) is 216 Å². The van der Waals surface area contributed by atoms with Gasteiger partial charge in [0, 0.05) is 19.3 Å². The third kappa shape index (κ3) is 41.0. The lowest BCUT2D eigenvalue weighted by Crippen LogP contribution is -2.61. The molecule has 3 N–H and O–H groups in total. The molecule has 0 saturated carbocycles. The minimum absolute atomic E-state index is 0.0569. The van der Waals surface area contributed by atoms with Gasteiger partial charge < -0.3 is 39.0 Å². The van der Waals surface area contributed by atoms with Gasteiger partial charge in [0.1, 0.15) is 18.8 Å². The van der Waals surface area contributed by atoms with Crippen LogP contribution in [0.5, 0.6) is 0 Å². The molecular formula is C63H106O12. The third-order valence-electron chi connectivity index (χ3n) is 13.3. The van der Waals surface area contributed by atoms with Crippen LogP contribution in [0, 0.1) is 0 Å². The van der Waals surface area contributed by atoms with Gasteiger partial charge in [0.2, 0.25) is 0 Å². The zero-order valence-electron chi connectivity index (χ0n) is 47.3. The number of esters is 3. The van der Waals surface area contributed by atoms with E-state index in [-0.39, 0.29) is 25.9 Å². The molecule has 0 aromatic carbocycles. The van der Waals surface area contributed by atoms with Crippen LogP contribution in [0.1, 0.15) is 252 Å². The zero-order valence-corrected chi connectivity index (χ0v) is 47.3. The molecule has 1 heterocycles. The highest BCUT2D eigenvalue weighted by molar-refractivity contribution is 5.74. The lowest BCUT2D eigenvalue weighted by atomic mass is 9.98. The van der Waals surface area contributed by atoms with Gasteiger partial charge in [-0.05, 0) is 89.9 Å². The first kappa shape index (κ1) is 69.2. The summed E-state index contributed by atoms with van der Waals surface area (Å²) in [5.74, 6) is -3.17. The molecule has 0 radical (unpaired) electrons. The summed E-state index contributed by atoms with van der Waals surface area (Å²) >= 11 is 0. The van der Waals surface area contributed by atoms with Crippen molar-refractivity contribution < 1.29 is 58.2 Å². The second-order valence-corrected chi connectivity index (χ2v) is 20.3. The van der Waals surface area contributed by atoms with Crippen LogP contribution in [0.25, 0.3) is 0 Å². The first-order valence-electron chi connectivity index (χ1n) is 29.9. The van der Waals surface area contributed by atoms with E-state index in [1.54, 1.807) is 0 Å². The largest absolute Gasteiger partial charge is 0.479 e. The molecular weight excluding hydrogens is 949 g/mol. The average Bonchev–Trinajstić information content (AvgIpc) is 3.39. The second kappa shape index (κ2) is 50.9. The molecule has 12 heteroatoms. The molecule has 75 heavy (non-hydrogen) atoms. The fourth-order valence-electron chi connectivity index (χ4n) is 8.68. The number of carboxylic acids is 1. The number of aliphatic hydroxyl groups excluding tert-OH is 2. The standard InChI is InChI=1S/C63H106O12/c1-4-7-10-13-16-19-22-24-26-27-28-29-31-32-35-37-40-43-46-49-55(64)71-52-54(73-56(65)50-47-44-41-39-36-33-30-25-23-20-17-14-11-8-5-2)53-72-63-61(59(68)58(67)60(75-63)62(69)70)74-57(66)51-48-45-42-38-34-21-18-15-12-9-6-3/h7,10,16,19,24-26,28-30,32,35,54,58-61,63,67-68H,4-6,8-9,11-15,17-18,20-23,27,31,33-34,36-53H2,1-3H3,(H,69,70)/b10-7-,19-16-,26-24-,29-28-,30-25-,35-32-. The van der Waals surface area contributed by atoms with Crippen molar-refractivity contribution in [3.05, 3.63) is 72.9 Å². The summed E-state index contributed by atoms with van der Waals surface area (Å²) < 4.78 is 28.4. The Kier molecular flexibility index (Phi) is 47.0. The van der Waals surface area contributed by atoms with E-state index in [2.05, 4.69) is 93.7 Å². The van der Waals surface area contributed by atoms with Crippen LogP contribution >= 0.6 is 0 Å². The molecule has 6 atom stereocenters. The maximum atomic E-state index is 13.1. The Bertz CT molecular complexity index is 1580. The number of aliphatic carboxylic acids is 1. The van der Waals surface area contributed by atoms with Crippen molar-refractivity contribution in [2.24, 2.45) is 0 Å². The van der Waals surface area contributed by atoms with E-state index < -0.39 is 67.3 Å². The Labute approximate surface area is 455 Å². The first-order valence-corrected chi connectivity index (χ1v) is 29.9. The van der Waals surface area contributed by atoms with E-state index >= 15 is 0 Å². The number of unbranched alkanes of at least 4 members (excludes halogenated alkanes) is 24. The smallest absolute Gasteiger partial charge is 0.335 e. The summed E-state index contributed by atoms with van der Waals surface area (Å²) in [7, 11) is 0. The summed E-state index contributed by atoms with van der Waals surface area (Å²) in [6.45, 7) is 5.83. The Balaban J connectivity index is 2.71. The molecule has 6 unspecified atom stereocenters. The Hall–Kier alpha value is -3.84. The number of carbonyl (C=O) groups excluding carboxylic acids is 3. The summed E-state index contributed by atoms with van der Waals surface area (Å²) in [5, 5.41) is 31.4. The van der Waals surface area contributed by atoms with Crippen molar-refractivity contribution in [2.45, 2.75) is 289 Å².